The molecule has 1 aliphatic carbocycles. The molecule has 0 saturated heterocycles. The van der Waals surface area contributed by atoms with E-state index in [2.05, 4.69) is 4.98 Å². The molecule has 3 rings (SSSR count). The number of hydrogen-bond donors (Lipinski definition) is 0. The summed E-state index contributed by atoms with van der Waals surface area (Å²) in [7, 11) is 0. The molecule has 2 unspecified atom stereocenters. The molecule has 128 valence electrons. The summed E-state index contributed by atoms with van der Waals surface area (Å²) < 4.78 is 12.6. The number of ether oxygens (including phenoxy) is 2. The zero-order valence-electron chi connectivity index (χ0n) is 13.2. The monoisotopic (exact) mass is 370 g/mol. The van der Waals surface area contributed by atoms with Crippen LogP contribution >= 0.6 is 23.2 Å². The van der Waals surface area contributed by atoms with E-state index in [0.29, 0.717) is 22.9 Å². The number of aromatic nitrogens is 2. The van der Waals surface area contributed by atoms with Crippen LogP contribution in [-0.2, 0) is 19.1 Å². The van der Waals surface area contributed by atoms with Crippen LogP contribution in [0, 0.1) is 0 Å². The number of imidazole rings is 1. The summed E-state index contributed by atoms with van der Waals surface area (Å²) in [6, 6.07) is 3.44. The third-order valence-corrected chi connectivity index (χ3v) is 4.79. The van der Waals surface area contributed by atoms with Gasteiger partial charge >= 0.3 is 11.9 Å². The van der Waals surface area contributed by atoms with Crippen LogP contribution in [0.3, 0.4) is 0 Å². The standard InChI is InChI=1S/C16H16Cl2N2O4/c1-8(21)23-15-3-10(4-16(15)24-9(2)22)20-7-19-13-5-11(17)12(18)6-14(13)20/h5-7,10,15-16H,3-4H2,1-2H3. The van der Waals surface area contributed by atoms with Crippen LogP contribution in [0.4, 0.5) is 0 Å². The fourth-order valence-corrected chi connectivity index (χ4v) is 3.47. The number of rotatable bonds is 3. The number of carbonyl (C=O) groups is 2. The van der Waals surface area contributed by atoms with Crippen molar-refractivity contribution in [1.29, 1.82) is 0 Å². The molecule has 0 radical (unpaired) electrons. The molecule has 0 aliphatic heterocycles. The number of carbonyl (C=O) groups excluding carboxylic acids is 2. The van der Waals surface area contributed by atoms with Crippen LogP contribution in [0.25, 0.3) is 11.0 Å². The molecule has 1 fully saturated rings. The highest BCUT2D eigenvalue weighted by molar-refractivity contribution is 6.42. The van der Waals surface area contributed by atoms with Gasteiger partial charge in [0.2, 0.25) is 0 Å². The molecule has 24 heavy (non-hydrogen) atoms. The summed E-state index contributed by atoms with van der Waals surface area (Å²) in [5, 5.41) is 0.883. The lowest BCUT2D eigenvalue weighted by molar-refractivity contribution is -0.162. The molecule has 1 heterocycles. The average molecular weight is 371 g/mol. The van der Waals surface area contributed by atoms with E-state index >= 15 is 0 Å². The summed E-state index contributed by atoms with van der Waals surface area (Å²) in [4.78, 5) is 27.0. The summed E-state index contributed by atoms with van der Waals surface area (Å²) in [6.45, 7) is 2.68. The van der Waals surface area contributed by atoms with E-state index in [-0.39, 0.29) is 6.04 Å². The number of halogens is 2. The first kappa shape index (κ1) is 17.0. The van der Waals surface area contributed by atoms with Crippen LogP contribution in [0.1, 0.15) is 32.7 Å². The Bertz CT molecular complexity index is 781. The third kappa shape index (κ3) is 3.35. The Kier molecular flexibility index (Phi) is 4.69. The molecule has 1 aromatic heterocycles. The second-order valence-corrected chi connectivity index (χ2v) is 6.64. The fraction of sp³-hybridized carbons (Fsp3) is 0.438. The van der Waals surface area contributed by atoms with Gasteiger partial charge in [-0.15, -0.1) is 0 Å². The van der Waals surface area contributed by atoms with Gasteiger partial charge in [0, 0.05) is 32.7 Å². The minimum atomic E-state index is -0.475. The summed E-state index contributed by atoms with van der Waals surface area (Å²) >= 11 is 12.1. The summed E-state index contributed by atoms with van der Waals surface area (Å²) in [6.07, 6.45) is 1.81. The normalized spacial score (nSPS) is 23.4. The number of benzene rings is 1. The zero-order valence-corrected chi connectivity index (χ0v) is 14.7. The summed E-state index contributed by atoms with van der Waals surface area (Å²) in [5.74, 6) is -0.800. The largest absolute Gasteiger partial charge is 0.459 e. The second kappa shape index (κ2) is 6.61. The number of hydrogen-bond acceptors (Lipinski definition) is 5. The van der Waals surface area contributed by atoms with Gasteiger partial charge in [-0.05, 0) is 12.1 Å². The maximum Gasteiger partial charge on any atom is 0.303 e. The zero-order chi connectivity index (χ0) is 17.4. The minimum Gasteiger partial charge on any atom is -0.459 e. The van der Waals surface area contributed by atoms with Crippen molar-refractivity contribution < 1.29 is 19.1 Å². The van der Waals surface area contributed by atoms with Gasteiger partial charge in [0.1, 0.15) is 12.2 Å². The van der Waals surface area contributed by atoms with E-state index < -0.39 is 24.1 Å². The van der Waals surface area contributed by atoms with Gasteiger partial charge in [-0.2, -0.15) is 0 Å². The molecule has 0 bridgehead atoms. The van der Waals surface area contributed by atoms with Gasteiger partial charge in [-0.1, -0.05) is 23.2 Å². The predicted octanol–water partition coefficient (Wildman–Crippen LogP) is 3.54. The van der Waals surface area contributed by atoms with Crippen LogP contribution in [0.5, 0.6) is 0 Å². The van der Waals surface area contributed by atoms with Gasteiger partial charge in [0.25, 0.3) is 0 Å². The van der Waals surface area contributed by atoms with Crippen molar-refractivity contribution in [3.8, 4) is 0 Å². The van der Waals surface area contributed by atoms with Crippen LogP contribution < -0.4 is 0 Å². The van der Waals surface area contributed by atoms with Crippen molar-refractivity contribution in [2.45, 2.75) is 44.9 Å². The van der Waals surface area contributed by atoms with Crippen molar-refractivity contribution in [2.24, 2.45) is 0 Å². The average Bonchev–Trinajstić information content (AvgIpc) is 3.03. The topological polar surface area (TPSA) is 70.4 Å². The van der Waals surface area contributed by atoms with E-state index in [1.807, 2.05) is 4.57 Å². The highest BCUT2D eigenvalue weighted by Gasteiger charge is 2.40. The van der Waals surface area contributed by atoms with Gasteiger partial charge in [0.15, 0.2) is 0 Å². The molecule has 0 spiro atoms. The second-order valence-electron chi connectivity index (χ2n) is 5.83. The molecule has 1 aliphatic rings. The Labute approximate surface area is 148 Å². The Balaban J connectivity index is 1.91. The van der Waals surface area contributed by atoms with E-state index in [4.69, 9.17) is 32.7 Å². The Morgan fingerprint density at radius 3 is 2.17 bits per heavy atom. The lowest BCUT2D eigenvalue weighted by Gasteiger charge is -2.18. The van der Waals surface area contributed by atoms with Crippen molar-refractivity contribution in [3.63, 3.8) is 0 Å². The molecule has 1 saturated carbocycles. The highest BCUT2D eigenvalue weighted by atomic mass is 35.5. The van der Waals surface area contributed by atoms with E-state index in [1.165, 1.54) is 13.8 Å². The van der Waals surface area contributed by atoms with E-state index in [1.54, 1.807) is 18.5 Å². The van der Waals surface area contributed by atoms with Crippen LogP contribution in [-0.4, -0.2) is 33.7 Å². The van der Waals surface area contributed by atoms with Crippen molar-refractivity contribution in [2.75, 3.05) is 0 Å². The molecule has 2 aromatic rings. The minimum absolute atomic E-state index is 0.0269. The Hall–Kier alpha value is -1.79. The quantitative estimate of drug-likeness (QED) is 0.772. The van der Waals surface area contributed by atoms with Crippen LogP contribution in [0.15, 0.2) is 18.5 Å². The number of fused-ring (bicyclic) bond motifs is 1. The number of esters is 2. The molecule has 2 atom stereocenters. The SMILES string of the molecule is CC(=O)OC1CC(n2cnc3cc(Cl)c(Cl)cc32)CC1OC(C)=O. The van der Waals surface area contributed by atoms with E-state index in [0.717, 1.165) is 11.0 Å². The molecule has 0 amide bonds. The Morgan fingerprint density at radius 1 is 1.08 bits per heavy atom. The lowest BCUT2D eigenvalue weighted by Crippen LogP contribution is -2.29. The van der Waals surface area contributed by atoms with Gasteiger partial charge in [0.05, 0.1) is 27.4 Å². The summed E-state index contributed by atoms with van der Waals surface area (Å²) in [5.41, 5.74) is 1.56. The predicted molar refractivity (Wildman–Crippen MR) is 89.1 cm³/mol. The van der Waals surface area contributed by atoms with Gasteiger partial charge in [-0.3, -0.25) is 9.59 Å². The van der Waals surface area contributed by atoms with Crippen molar-refractivity contribution >= 4 is 46.2 Å². The first-order chi connectivity index (χ1) is 11.3. The van der Waals surface area contributed by atoms with Gasteiger partial charge in [-0.25, -0.2) is 4.98 Å². The van der Waals surface area contributed by atoms with Crippen molar-refractivity contribution in [1.82, 2.24) is 9.55 Å². The Morgan fingerprint density at radius 2 is 1.62 bits per heavy atom. The smallest absolute Gasteiger partial charge is 0.303 e. The van der Waals surface area contributed by atoms with Crippen LogP contribution in [0.2, 0.25) is 10.0 Å². The van der Waals surface area contributed by atoms with Gasteiger partial charge < -0.3 is 14.0 Å². The molecule has 0 N–H and O–H groups in total. The lowest BCUT2D eigenvalue weighted by atomic mass is 10.2. The maximum atomic E-state index is 11.3. The molecular weight excluding hydrogens is 355 g/mol. The number of nitrogens with zero attached hydrogens (tertiary/aromatic N) is 2. The molecular formula is C16H16Cl2N2O4. The van der Waals surface area contributed by atoms with E-state index in [9.17, 15) is 9.59 Å². The highest BCUT2D eigenvalue weighted by Crippen LogP contribution is 2.37. The first-order valence-corrected chi connectivity index (χ1v) is 8.26. The fourth-order valence-electron chi connectivity index (χ4n) is 3.15. The molecule has 1 aromatic carbocycles. The first-order valence-electron chi connectivity index (χ1n) is 7.51. The molecule has 8 heteroatoms. The molecule has 6 nitrogen and oxygen atoms in total. The maximum absolute atomic E-state index is 11.3. The van der Waals surface area contributed by atoms with Crippen molar-refractivity contribution in [3.05, 3.63) is 28.5 Å². The third-order valence-electron chi connectivity index (χ3n) is 4.07.